The first-order chi connectivity index (χ1) is 25.3. The number of anilines is 3. The van der Waals surface area contributed by atoms with Gasteiger partial charge in [-0.1, -0.05) is 74.5 Å². The van der Waals surface area contributed by atoms with Crippen LogP contribution in [0.25, 0.3) is 22.1 Å². The van der Waals surface area contributed by atoms with E-state index < -0.39 is 6.09 Å². The molecule has 4 aromatic carbocycles. The van der Waals surface area contributed by atoms with Gasteiger partial charge in [-0.15, -0.1) is 0 Å². The van der Waals surface area contributed by atoms with Crippen molar-refractivity contribution in [3.63, 3.8) is 0 Å². The minimum absolute atomic E-state index is 0.185. The van der Waals surface area contributed by atoms with E-state index in [0.29, 0.717) is 53.0 Å². The summed E-state index contributed by atoms with van der Waals surface area (Å²) in [5.74, 6) is 1.99. The summed E-state index contributed by atoms with van der Waals surface area (Å²) >= 11 is 0. The first kappa shape index (κ1) is 35.3. The third-order valence-electron chi connectivity index (χ3n) is 8.33. The highest BCUT2D eigenvalue weighted by atomic mass is 16.6. The summed E-state index contributed by atoms with van der Waals surface area (Å²) in [7, 11) is 2.99. The van der Waals surface area contributed by atoms with Gasteiger partial charge < -0.3 is 24.0 Å². The Morgan fingerprint density at radius 2 is 1.10 bits per heavy atom. The van der Waals surface area contributed by atoms with Gasteiger partial charge in [-0.2, -0.15) is 0 Å². The maximum atomic E-state index is 12.9. The van der Waals surface area contributed by atoms with E-state index in [-0.39, 0.29) is 17.7 Å². The molecule has 1 fully saturated rings. The quantitative estimate of drug-likeness (QED) is 0.173. The average Bonchev–Trinajstić information content (AvgIpc) is 3.18. The first-order valence-electron chi connectivity index (χ1n) is 16.9. The van der Waals surface area contributed by atoms with Crippen molar-refractivity contribution in [3.05, 3.63) is 109 Å². The molecule has 0 saturated carbocycles. The van der Waals surface area contributed by atoms with Crippen molar-refractivity contribution in [1.82, 2.24) is 24.8 Å². The molecule has 0 radical (unpaired) electrons. The van der Waals surface area contributed by atoms with E-state index in [4.69, 9.17) is 14.2 Å². The highest BCUT2D eigenvalue weighted by Gasteiger charge is 2.24. The molecule has 266 valence electrons. The number of urea groups is 1. The third kappa shape index (κ3) is 8.44. The second kappa shape index (κ2) is 16.5. The van der Waals surface area contributed by atoms with Crippen molar-refractivity contribution < 1.29 is 23.8 Å². The number of carbonyl (C=O) groups is 2. The molecule has 0 aliphatic carbocycles. The maximum absolute atomic E-state index is 12.9. The molecule has 3 heterocycles. The molecule has 1 aliphatic rings. The van der Waals surface area contributed by atoms with Crippen molar-refractivity contribution in [2.45, 2.75) is 19.8 Å². The van der Waals surface area contributed by atoms with Crippen LogP contribution in [0.3, 0.4) is 0 Å². The average molecular weight is 701 g/mol. The predicted octanol–water partition coefficient (Wildman–Crippen LogP) is 7.37. The monoisotopic (exact) mass is 700 g/mol. The van der Waals surface area contributed by atoms with Gasteiger partial charge in [0.25, 0.3) is 11.8 Å². The highest BCUT2D eigenvalue weighted by molar-refractivity contribution is 5.91. The van der Waals surface area contributed by atoms with Crippen LogP contribution in [-0.4, -0.2) is 77.4 Å². The maximum Gasteiger partial charge on any atom is 0.418 e. The molecule has 6 aromatic rings. The van der Waals surface area contributed by atoms with Crippen molar-refractivity contribution in [2.75, 3.05) is 55.9 Å². The predicted molar refractivity (Wildman–Crippen MR) is 202 cm³/mol. The van der Waals surface area contributed by atoms with E-state index in [1.807, 2.05) is 53.4 Å². The van der Waals surface area contributed by atoms with Gasteiger partial charge in [0.2, 0.25) is 0 Å². The highest BCUT2D eigenvalue weighted by Crippen LogP contribution is 2.29. The van der Waals surface area contributed by atoms with Gasteiger partial charge >= 0.3 is 12.1 Å². The van der Waals surface area contributed by atoms with Crippen molar-refractivity contribution in [2.24, 2.45) is 0 Å². The molecule has 2 aromatic heterocycles. The molecular formula is C39H40N8O5. The van der Waals surface area contributed by atoms with Gasteiger partial charge in [0, 0.05) is 31.9 Å². The second-order valence-electron chi connectivity index (χ2n) is 12.1. The number of hydrogen-bond donors (Lipinski definition) is 2. The van der Waals surface area contributed by atoms with Crippen LogP contribution in [0.1, 0.15) is 25.3 Å². The van der Waals surface area contributed by atoms with Crippen LogP contribution >= 0.6 is 0 Å². The van der Waals surface area contributed by atoms with Crippen LogP contribution in [0.4, 0.5) is 26.9 Å². The molecule has 2 N–H and O–H groups in total. The van der Waals surface area contributed by atoms with E-state index in [2.05, 4.69) is 73.6 Å². The minimum atomic E-state index is -0.658. The van der Waals surface area contributed by atoms with E-state index >= 15 is 0 Å². The number of carbonyl (C=O) groups excluding carboxylic acids is 2. The number of hydrogen-bond acceptors (Lipinski definition) is 10. The van der Waals surface area contributed by atoms with E-state index in [9.17, 15) is 9.59 Å². The third-order valence-corrected chi connectivity index (χ3v) is 8.33. The summed E-state index contributed by atoms with van der Waals surface area (Å²) in [6, 6.07) is 31.9. The Morgan fingerprint density at radius 1 is 0.615 bits per heavy atom. The zero-order chi connectivity index (χ0) is 36.5. The first-order valence-corrected chi connectivity index (χ1v) is 16.9. The van der Waals surface area contributed by atoms with Crippen molar-refractivity contribution >= 4 is 51.5 Å². The molecule has 3 amide bonds. The zero-order valence-electron chi connectivity index (χ0n) is 29.4. The van der Waals surface area contributed by atoms with Gasteiger partial charge in [0.15, 0.2) is 11.6 Å². The Hall–Kier alpha value is -6.50. The van der Waals surface area contributed by atoms with Crippen LogP contribution in [0.15, 0.2) is 103 Å². The number of ether oxygens (including phenoxy) is 3. The van der Waals surface area contributed by atoms with Crippen LogP contribution < -0.4 is 29.7 Å². The summed E-state index contributed by atoms with van der Waals surface area (Å²) in [4.78, 5) is 46.5. The Morgan fingerprint density at radius 3 is 1.63 bits per heavy atom. The number of amides is 3. The summed E-state index contributed by atoms with van der Waals surface area (Å²) in [6.45, 7) is 7.28. The lowest BCUT2D eigenvalue weighted by molar-refractivity contribution is 0.208. The van der Waals surface area contributed by atoms with Gasteiger partial charge in [0.1, 0.15) is 5.75 Å². The van der Waals surface area contributed by atoms with Crippen LogP contribution in [-0.2, 0) is 0 Å². The number of rotatable bonds is 7. The topological polar surface area (TPSA) is 144 Å². The second-order valence-corrected chi connectivity index (χ2v) is 12.1. The molecule has 13 heteroatoms. The lowest BCUT2D eigenvalue weighted by Crippen LogP contribution is -2.50. The number of para-hydroxylation sites is 6. The lowest BCUT2D eigenvalue weighted by atomic mass is 10.00. The van der Waals surface area contributed by atoms with Crippen LogP contribution in [0, 0.1) is 0 Å². The number of piperazine rings is 1. The standard InChI is InChI=1S/C23H27N5O2.C16H13N3O3/c1-16(2)17-8-4-7-11-20(17)27-12-14-28(15-13-27)23(29)26-21-22(30-3)25-19-10-6-5-9-18(19)24-21;1-21-15-14(17-12-9-5-6-10-13(12)18-15)19-16(20)22-11-7-3-2-4-8-11/h4-11,16H,12-15H2,1-3H3,(H,24,26,29);2-10H,1H3,(H,17,19,20). The molecule has 0 bridgehead atoms. The molecule has 0 unspecified atom stereocenters. The zero-order valence-corrected chi connectivity index (χ0v) is 29.4. The molecular weight excluding hydrogens is 660 g/mol. The van der Waals surface area contributed by atoms with Gasteiger partial charge in [-0.05, 0) is 53.9 Å². The molecule has 13 nitrogen and oxygen atoms in total. The lowest BCUT2D eigenvalue weighted by Gasteiger charge is -2.37. The molecule has 0 spiro atoms. The number of benzene rings is 4. The minimum Gasteiger partial charge on any atom is -0.478 e. The van der Waals surface area contributed by atoms with Crippen LogP contribution in [0.2, 0.25) is 0 Å². The number of nitrogens with zero attached hydrogens (tertiary/aromatic N) is 6. The van der Waals surface area contributed by atoms with E-state index in [1.165, 1.54) is 25.5 Å². The fourth-order valence-corrected chi connectivity index (χ4v) is 5.73. The SMILES string of the molecule is COc1nc2ccccc2nc1NC(=O)N1CCN(c2ccccc2C(C)C)CC1.COc1nc2ccccc2nc1NC(=O)Oc1ccccc1. The van der Waals surface area contributed by atoms with Gasteiger partial charge in [-0.3, -0.25) is 10.6 Å². The summed E-state index contributed by atoms with van der Waals surface area (Å²) in [5.41, 5.74) is 5.37. The Bertz CT molecular complexity index is 2160. The summed E-state index contributed by atoms with van der Waals surface area (Å²) < 4.78 is 15.7. The Labute approximate surface area is 301 Å². The molecule has 7 rings (SSSR count). The van der Waals surface area contributed by atoms with Crippen molar-refractivity contribution in [1.29, 1.82) is 0 Å². The van der Waals surface area contributed by atoms with Gasteiger partial charge in [-0.25, -0.2) is 29.5 Å². The number of methoxy groups -OCH3 is 2. The van der Waals surface area contributed by atoms with Crippen molar-refractivity contribution in [3.8, 4) is 17.5 Å². The fraction of sp³-hybridized carbons (Fsp3) is 0.231. The number of fused-ring (bicyclic) bond motifs is 2. The molecule has 1 aliphatic heterocycles. The molecule has 1 saturated heterocycles. The molecule has 52 heavy (non-hydrogen) atoms. The smallest absolute Gasteiger partial charge is 0.418 e. The summed E-state index contributed by atoms with van der Waals surface area (Å²) in [5, 5.41) is 5.42. The Kier molecular flexibility index (Phi) is 11.2. The largest absolute Gasteiger partial charge is 0.478 e. The van der Waals surface area contributed by atoms with Crippen LogP contribution in [0.5, 0.6) is 17.5 Å². The number of nitrogens with one attached hydrogen (secondary N) is 2. The summed E-state index contributed by atoms with van der Waals surface area (Å²) in [6.07, 6.45) is -0.658. The van der Waals surface area contributed by atoms with E-state index in [0.717, 1.165) is 18.6 Å². The fourth-order valence-electron chi connectivity index (χ4n) is 5.73. The Balaban J connectivity index is 0.000000187. The molecule has 0 atom stereocenters. The number of aromatic nitrogens is 4. The normalized spacial score (nSPS) is 12.6. The van der Waals surface area contributed by atoms with Gasteiger partial charge in [0.05, 0.1) is 36.3 Å². The van der Waals surface area contributed by atoms with E-state index in [1.54, 1.807) is 30.3 Å².